The summed E-state index contributed by atoms with van der Waals surface area (Å²) >= 11 is 0. The molecule has 1 aliphatic heterocycles. The second-order valence-corrected chi connectivity index (χ2v) is 5.11. The topological polar surface area (TPSA) is 68.5 Å². The van der Waals surface area contributed by atoms with Crippen molar-refractivity contribution in [2.75, 3.05) is 0 Å². The van der Waals surface area contributed by atoms with E-state index in [0.29, 0.717) is 6.42 Å². The molecule has 0 saturated carbocycles. The van der Waals surface area contributed by atoms with Crippen LogP contribution in [0.5, 0.6) is 0 Å². The lowest BCUT2D eigenvalue weighted by molar-refractivity contribution is -0.131. The molecule has 0 fully saturated rings. The maximum Gasteiger partial charge on any atom is 0.264 e. The molecule has 1 amide bonds. The average Bonchev–Trinajstić information content (AvgIpc) is 3.04. The molecule has 2 atom stereocenters. The number of nitrogens with zero attached hydrogens (tertiary/aromatic N) is 3. The number of rotatable bonds is 5. The molecule has 0 unspecified atom stereocenters. The Morgan fingerprint density at radius 1 is 1.60 bits per heavy atom. The summed E-state index contributed by atoms with van der Waals surface area (Å²) in [6, 6.07) is 0.153. The Bertz CT molecular complexity index is 521. The molecular formula is C14H22N4O2. The molecule has 2 heterocycles. The number of oxime groups is 1. The second-order valence-electron chi connectivity index (χ2n) is 5.11. The Labute approximate surface area is 119 Å². The highest BCUT2D eigenvalue weighted by atomic mass is 16.6. The van der Waals surface area contributed by atoms with Gasteiger partial charge in [0.05, 0.1) is 11.9 Å². The molecule has 0 bridgehead atoms. The van der Waals surface area contributed by atoms with Gasteiger partial charge < -0.3 is 10.2 Å². The molecule has 0 aliphatic carbocycles. The molecule has 0 spiro atoms. The summed E-state index contributed by atoms with van der Waals surface area (Å²) in [6.45, 7) is 8.87. The first-order chi connectivity index (χ1) is 9.56. The molecule has 0 aromatic carbocycles. The molecule has 0 radical (unpaired) electrons. The smallest absolute Gasteiger partial charge is 0.264 e. The maximum atomic E-state index is 12.0. The molecular weight excluding hydrogens is 256 g/mol. The van der Waals surface area contributed by atoms with Gasteiger partial charge in [0.2, 0.25) is 6.10 Å². The van der Waals surface area contributed by atoms with Crippen molar-refractivity contribution in [3.05, 3.63) is 17.5 Å². The van der Waals surface area contributed by atoms with Gasteiger partial charge in [0.1, 0.15) is 0 Å². The summed E-state index contributed by atoms with van der Waals surface area (Å²) in [4.78, 5) is 17.3. The van der Waals surface area contributed by atoms with Crippen molar-refractivity contribution < 1.29 is 9.63 Å². The number of aryl methyl sites for hydroxylation is 1. The summed E-state index contributed by atoms with van der Waals surface area (Å²) in [5.41, 5.74) is 2.81. The van der Waals surface area contributed by atoms with Crippen molar-refractivity contribution in [1.82, 2.24) is 15.1 Å². The van der Waals surface area contributed by atoms with E-state index in [1.54, 1.807) is 6.20 Å². The van der Waals surface area contributed by atoms with Gasteiger partial charge in [-0.05, 0) is 27.2 Å². The fourth-order valence-corrected chi connectivity index (χ4v) is 2.16. The number of hydrogen-bond acceptors (Lipinski definition) is 4. The van der Waals surface area contributed by atoms with Crippen LogP contribution < -0.4 is 5.32 Å². The molecule has 110 valence electrons. The number of hydrogen-bond donors (Lipinski definition) is 1. The van der Waals surface area contributed by atoms with Crippen LogP contribution in [0.2, 0.25) is 0 Å². The molecule has 20 heavy (non-hydrogen) atoms. The maximum absolute atomic E-state index is 12.0. The Hall–Kier alpha value is -1.85. The van der Waals surface area contributed by atoms with Gasteiger partial charge in [0.25, 0.3) is 5.91 Å². The summed E-state index contributed by atoms with van der Waals surface area (Å²) in [6.07, 6.45) is 2.66. The normalized spacial score (nSPS) is 19.4. The quantitative estimate of drug-likeness (QED) is 0.890. The van der Waals surface area contributed by atoms with Crippen LogP contribution in [0.4, 0.5) is 0 Å². The minimum Gasteiger partial charge on any atom is -0.382 e. The monoisotopic (exact) mass is 278 g/mol. The average molecular weight is 278 g/mol. The molecule has 1 aromatic rings. The van der Waals surface area contributed by atoms with Crippen LogP contribution in [0.3, 0.4) is 0 Å². The highest BCUT2D eigenvalue weighted by Crippen LogP contribution is 2.19. The van der Waals surface area contributed by atoms with Gasteiger partial charge in [-0.2, -0.15) is 5.10 Å². The minimum atomic E-state index is -0.525. The Kier molecular flexibility index (Phi) is 4.42. The second kappa shape index (κ2) is 6.07. The SMILES string of the molecule is CC[C@H](C)NC(=O)[C@H]1CC(c2cnn(CC)c2C)=NO1. The first-order valence-corrected chi connectivity index (χ1v) is 7.12. The van der Waals surface area contributed by atoms with E-state index in [4.69, 9.17) is 4.84 Å². The van der Waals surface area contributed by atoms with Gasteiger partial charge >= 0.3 is 0 Å². The van der Waals surface area contributed by atoms with Crippen molar-refractivity contribution in [1.29, 1.82) is 0 Å². The lowest BCUT2D eigenvalue weighted by atomic mass is 10.1. The van der Waals surface area contributed by atoms with Gasteiger partial charge in [0, 0.05) is 30.3 Å². The minimum absolute atomic E-state index is 0.0985. The predicted molar refractivity (Wildman–Crippen MR) is 76.6 cm³/mol. The summed E-state index contributed by atoms with van der Waals surface area (Å²) in [5.74, 6) is -0.0985. The lowest BCUT2D eigenvalue weighted by Gasteiger charge is -2.14. The van der Waals surface area contributed by atoms with Crippen LogP contribution >= 0.6 is 0 Å². The van der Waals surface area contributed by atoms with Crippen molar-refractivity contribution in [2.45, 2.75) is 59.2 Å². The van der Waals surface area contributed by atoms with E-state index in [2.05, 4.69) is 15.6 Å². The molecule has 0 saturated heterocycles. The number of carbonyl (C=O) groups is 1. The van der Waals surface area contributed by atoms with Crippen LogP contribution in [0.15, 0.2) is 11.4 Å². The molecule has 6 nitrogen and oxygen atoms in total. The number of aromatic nitrogens is 2. The zero-order valence-corrected chi connectivity index (χ0v) is 12.5. The third-order valence-corrected chi connectivity index (χ3v) is 3.68. The molecule has 2 rings (SSSR count). The number of nitrogens with one attached hydrogen (secondary N) is 1. The van der Waals surface area contributed by atoms with E-state index in [9.17, 15) is 4.79 Å². The fourth-order valence-electron chi connectivity index (χ4n) is 2.16. The van der Waals surface area contributed by atoms with Crippen LogP contribution in [0, 0.1) is 6.92 Å². The molecule has 1 aromatic heterocycles. The van der Waals surface area contributed by atoms with E-state index in [1.165, 1.54) is 0 Å². The molecule has 6 heteroatoms. The van der Waals surface area contributed by atoms with Gasteiger partial charge in [0.15, 0.2) is 0 Å². The zero-order chi connectivity index (χ0) is 14.7. The predicted octanol–water partition coefficient (Wildman–Crippen LogP) is 1.62. The van der Waals surface area contributed by atoms with Gasteiger partial charge in [-0.3, -0.25) is 9.48 Å². The lowest BCUT2D eigenvalue weighted by Crippen LogP contribution is -2.39. The number of carbonyl (C=O) groups excluding carboxylic acids is 1. The van der Waals surface area contributed by atoms with Crippen LogP contribution in [-0.2, 0) is 16.2 Å². The van der Waals surface area contributed by atoms with Gasteiger partial charge in [-0.25, -0.2) is 0 Å². The highest BCUT2D eigenvalue weighted by molar-refractivity contribution is 6.04. The van der Waals surface area contributed by atoms with Crippen LogP contribution in [-0.4, -0.2) is 33.5 Å². The highest BCUT2D eigenvalue weighted by Gasteiger charge is 2.30. The molecule has 1 aliphatic rings. The van der Waals surface area contributed by atoms with Crippen molar-refractivity contribution >= 4 is 11.6 Å². The zero-order valence-electron chi connectivity index (χ0n) is 12.5. The Morgan fingerprint density at radius 2 is 2.35 bits per heavy atom. The summed E-state index contributed by atoms with van der Waals surface area (Å²) in [7, 11) is 0. The Morgan fingerprint density at radius 3 is 2.95 bits per heavy atom. The van der Waals surface area contributed by atoms with E-state index in [0.717, 1.165) is 29.9 Å². The van der Waals surface area contributed by atoms with Crippen LogP contribution in [0.1, 0.15) is 44.9 Å². The van der Waals surface area contributed by atoms with Gasteiger partial charge in [-0.1, -0.05) is 12.1 Å². The van der Waals surface area contributed by atoms with Crippen molar-refractivity contribution in [2.24, 2.45) is 5.16 Å². The third kappa shape index (κ3) is 2.84. The number of amides is 1. The fraction of sp³-hybridized carbons (Fsp3) is 0.643. The first kappa shape index (κ1) is 14.6. The molecule has 1 N–H and O–H groups in total. The van der Waals surface area contributed by atoms with Gasteiger partial charge in [-0.15, -0.1) is 0 Å². The van der Waals surface area contributed by atoms with E-state index in [1.807, 2.05) is 32.4 Å². The largest absolute Gasteiger partial charge is 0.382 e. The third-order valence-electron chi connectivity index (χ3n) is 3.68. The summed E-state index contributed by atoms with van der Waals surface area (Å²) < 4.78 is 1.91. The van der Waals surface area contributed by atoms with E-state index < -0.39 is 6.10 Å². The Balaban J connectivity index is 2.01. The van der Waals surface area contributed by atoms with Crippen molar-refractivity contribution in [3.8, 4) is 0 Å². The van der Waals surface area contributed by atoms with Crippen LogP contribution in [0.25, 0.3) is 0 Å². The van der Waals surface area contributed by atoms with Crippen molar-refractivity contribution in [3.63, 3.8) is 0 Å². The van der Waals surface area contributed by atoms with E-state index >= 15 is 0 Å². The summed E-state index contributed by atoms with van der Waals surface area (Å²) in [5, 5.41) is 11.3. The first-order valence-electron chi connectivity index (χ1n) is 7.12. The van der Waals surface area contributed by atoms with E-state index in [-0.39, 0.29) is 11.9 Å². The standard InChI is InChI=1S/C14H22N4O2/c1-5-9(3)16-14(19)13-7-12(17-20-13)11-8-15-18(6-2)10(11)4/h8-9,13H,5-7H2,1-4H3,(H,16,19)/t9-,13+/m0/s1.